The molecule has 1 amide bonds. The van der Waals surface area contributed by atoms with Crippen molar-refractivity contribution in [1.29, 1.82) is 0 Å². The number of nitrogens with one attached hydrogen (secondary N) is 1. The van der Waals surface area contributed by atoms with Crippen LogP contribution in [-0.2, 0) is 23.8 Å². The van der Waals surface area contributed by atoms with E-state index < -0.39 is 22.0 Å². The van der Waals surface area contributed by atoms with Crippen LogP contribution in [0.25, 0.3) is 0 Å². The molecule has 1 aromatic carbocycles. The summed E-state index contributed by atoms with van der Waals surface area (Å²) in [5, 5.41) is 11.7. The predicted octanol–water partition coefficient (Wildman–Crippen LogP) is 2.34. The van der Waals surface area contributed by atoms with Gasteiger partial charge in [-0.25, -0.2) is 4.79 Å². The van der Waals surface area contributed by atoms with Gasteiger partial charge in [-0.3, -0.25) is 4.18 Å². The Balaban J connectivity index is 2.03. The van der Waals surface area contributed by atoms with Gasteiger partial charge in [0.1, 0.15) is 0 Å². The number of aryl methyl sites for hydroxylation is 1. The van der Waals surface area contributed by atoms with Crippen molar-refractivity contribution >= 4 is 16.2 Å². The number of hydrogen-bond acceptors (Lipinski definition) is 7. The van der Waals surface area contributed by atoms with Gasteiger partial charge in [0, 0.05) is 27.0 Å². The molecule has 2 N–H and O–H groups in total. The van der Waals surface area contributed by atoms with Crippen LogP contribution in [0.4, 0.5) is 4.79 Å². The van der Waals surface area contributed by atoms with E-state index in [0.29, 0.717) is 19.6 Å². The van der Waals surface area contributed by atoms with E-state index in [9.17, 15) is 18.3 Å². The Bertz CT molecular complexity index is 666. The lowest BCUT2D eigenvalue weighted by Crippen LogP contribution is -2.35. The summed E-state index contributed by atoms with van der Waals surface area (Å²) in [5.41, 5.74) is 0.985. The smallest absolute Gasteiger partial charge is 0.409 e. The zero-order valence-electron chi connectivity index (χ0n) is 16.1. The monoisotopic (exact) mass is 403 g/mol. The quantitative estimate of drug-likeness (QED) is 0.313. The minimum atomic E-state index is -3.70. The molecule has 0 radical (unpaired) electrons. The minimum Gasteiger partial charge on any atom is -0.418 e. The fourth-order valence-corrected chi connectivity index (χ4v) is 2.96. The van der Waals surface area contributed by atoms with Crippen LogP contribution in [-0.4, -0.2) is 51.8 Å². The Morgan fingerprint density at radius 1 is 1.07 bits per heavy atom. The molecule has 154 valence electrons. The molecule has 0 saturated heterocycles. The normalized spacial score (nSPS) is 12.0. The molecule has 0 aliphatic heterocycles. The van der Waals surface area contributed by atoms with Crippen LogP contribution in [0.1, 0.15) is 38.7 Å². The summed E-state index contributed by atoms with van der Waals surface area (Å²) in [5.74, 6) is -1.51. The first-order valence-corrected chi connectivity index (χ1v) is 10.2. The third-order valence-electron chi connectivity index (χ3n) is 3.34. The van der Waals surface area contributed by atoms with Gasteiger partial charge in [0.05, 0.1) is 18.1 Å². The Morgan fingerprint density at radius 3 is 2.33 bits per heavy atom. The van der Waals surface area contributed by atoms with Crippen LogP contribution in [0.5, 0.6) is 0 Å². The second kappa shape index (κ2) is 11.2. The van der Waals surface area contributed by atoms with E-state index in [4.69, 9.17) is 8.92 Å². The lowest BCUT2D eigenvalue weighted by molar-refractivity contribution is -0.131. The van der Waals surface area contributed by atoms with Crippen LogP contribution in [0.15, 0.2) is 29.2 Å². The molecule has 0 aliphatic rings. The summed E-state index contributed by atoms with van der Waals surface area (Å²) >= 11 is 0. The summed E-state index contributed by atoms with van der Waals surface area (Å²) in [4.78, 5) is 11.4. The minimum absolute atomic E-state index is 0.126. The molecule has 0 aliphatic carbocycles. The molecule has 0 saturated carbocycles. The van der Waals surface area contributed by atoms with Gasteiger partial charge in [0.25, 0.3) is 10.1 Å². The van der Waals surface area contributed by atoms with Crippen LogP contribution in [0, 0.1) is 6.92 Å². The van der Waals surface area contributed by atoms with Gasteiger partial charge in [-0.2, -0.15) is 8.42 Å². The highest BCUT2D eigenvalue weighted by molar-refractivity contribution is 7.86. The van der Waals surface area contributed by atoms with Crippen molar-refractivity contribution < 1.29 is 32.0 Å². The van der Waals surface area contributed by atoms with E-state index >= 15 is 0 Å². The van der Waals surface area contributed by atoms with Gasteiger partial charge in [-0.05, 0) is 38.3 Å². The van der Waals surface area contributed by atoms with Crippen LogP contribution >= 0.6 is 0 Å². The number of ether oxygens (including phenoxy) is 2. The number of amides is 1. The van der Waals surface area contributed by atoms with E-state index in [-0.39, 0.29) is 18.0 Å². The van der Waals surface area contributed by atoms with Crippen molar-refractivity contribution in [2.24, 2.45) is 0 Å². The fraction of sp³-hybridized carbons (Fsp3) is 0.611. The van der Waals surface area contributed by atoms with E-state index in [1.165, 1.54) is 26.0 Å². The Morgan fingerprint density at radius 2 is 1.70 bits per heavy atom. The number of alkyl carbamates (subject to hydrolysis) is 1. The van der Waals surface area contributed by atoms with Crippen molar-refractivity contribution in [1.82, 2.24) is 5.32 Å². The maximum absolute atomic E-state index is 12.0. The first-order chi connectivity index (χ1) is 12.6. The zero-order valence-corrected chi connectivity index (χ0v) is 16.9. The second-order valence-corrected chi connectivity index (χ2v) is 8.14. The second-order valence-electron chi connectivity index (χ2n) is 6.53. The molecular weight excluding hydrogens is 374 g/mol. The largest absolute Gasteiger partial charge is 0.418 e. The van der Waals surface area contributed by atoms with Gasteiger partial charge < -0.3 is 19.9 Å². The predicted molar refractivity (Wildman–Crippen MR) is 99.8 cm³/mol. The molecular formula is C18H29NO7S. The number of unbranched alkanes of at least 4 members (excludes halogenated alkanes) is 2. The Labute approximate surface area is 160 Å². The first-order valence-electron chi connectivity index (χ1n) is 8.83. The van der Waals surface area contributed by atoms with Gasteiger partial charge >= 0.3 is 6.09 Å². The van der Waals surface area contributed by atoms with Crippen LogP contribution < -0.4 is 5.32 Å². The molecule has 1 aromatic rings. The molecule has 8 nitrogen and oxygen atoms in total. The molecule has 0 heterocycles. The van der Waals surface area contributed by atoms with Gasteiger partial charge in [0.2, 0.25) is 5.79 Å². The maximum atomic E-state index is 12.0. The molecule has 0 aromatic heterocycles. The van der Waals surface area contributed by atoms with Crippen molar-refractivity contribution in [3.8, 4) is 0 Å². The summed E-state index contributed by atoms with van der Waals surface area (Å²) in [7, 11) is -3.70. The van der Waals surface area contributed by atoms with E-state index in [1.807, 2.05) is 6.92 Å². The van der Waals surface area contributed by atoms with E-state index in [1.54, 1.807) is 12.1 Å². The molecule has 0 bridgehead atoms. The number of aliphatic hydroxyl groups is 1. The average molecular weight is 403 g/mol. The number of carbonyl (C=O) groups excluding carboxylic acids is 1. The lowest BCUT2D eigenvalue weighted by atomic mass is 10.2. The molecule has 1 rings (SSSR count). The number of carbonyl (C=O) groups is 1. The summed E-state index contributed by atoms with van der Waals surface area (Å²) in [6.45, 7) is 5.81. The van der Waals surface area contributed by atoms with Crippen molar-refractivity contribution in [2.75, 3.05) is 26.4 Å². The van der Waals surface area contributed by atoms with Crippen molar-refractivity contribution in [3.05, 3.63) is 29.8 Å². The van der Waals surface area contributed by atoms with Crippen LogP contribution in [0.2, 0.25) is 0 Å². The molecule has 0 fully saturated rings. The topological polar surface area (TPSA) is 111 Å². The summed E-state index contributed by atoms with van der Waals surface area (Å²) in [6.07, 6.45) is 1.41. The highest BCUT2D eigenvalue weighted by Crippen LogP contribution is 2.13. The van der Waals surface area contributed by atoms with Gasteiger partial charge in [-0.15, -0.1) is 0 Å². The number of benzene rings is 1. The van der Waals surface area contributed by atoms with Gasteiger partial charge in [0.15, 0.2) is 0 Å². The number of rotatable bonds is 12. The zero-order chi connectivity index (χ0) is 20.3. The van der Waals surface area contributed by atoms with E-state index in [0.717, 1.165) is 18.4 Å². The highest BCUT2D eigenvalue weighted by Gasteiger charge is 2.17. The molecule has 9 heteroatoms. The fourth-order valence-electron chi connectivity index (χ4n) is 2.01. The molecule has 27 heavy (non-hydrogen) atoms. The number of hydrogen-bond donors (Lipinski definition) is 2. The maximum Gasteiger partial charge on any atom is 0.409 e. The van der Waals surface area contributed by atoms with Crippen LogP contribution in [0.3, 0.4) is 0 Å². The first kappa shape index (κ1) is 23.4. The Kier molecular flexibility index (Phi) is 9.71. The third-order valence-corrected chi connectivity index (χ3v) is 4.67. The van der Waals surface area contributed by atoms with Gasteiger partial charge in [-0.1, -0.05) is 17.7 Å². The van der Waals surface area contributed by atoms with E-state index in [2.05, 4.69) is 10.1 Å². The molecule has 0 spiro atoms. The average Bonchev–Trinajstić information content (AvgIpc) is 2.55. The summed E-state index contributed by atoms with van der Waals surface area (Å²) < 4.78 is 39.0. The highest BCUT2D eigenvalue weighted by atomic mass is 32.2. The third kappa shape index (κ3) is 10.9. The van der Waals surface area contributed by atoms with Crippen molar-refractivity contribution in [3.63, 3.8) is 0 Å². The molecule has 0 atom stereocenters. The Hall–Kier alpha value is -1.68. The summed E-state index contributed by atoms with van der Waals surface area (Å²) in [6, 6.07) is 6.52. The molecule has 0 unspecified atom stereocenters. The van der Waals surface area contributed by atoms with Crippen molar-refractivity contribution in [2.45, 2.75) is 50.7 Å². The standard InChI is InChI=1S/C18H29NO7S/c1-15-7-9-16(10-8-15)27(22,23)25-13-6-4-5-12-24-14-11-19-17(20)26-18(2,3)21/h7-10,21H,4-6,11-14H2,1-3H3,(H,19,20). The lowest BCUT2D eigenvalue weighted by Gasteiger charge is -2.18. The SMILES string of the molecule is Cc1ccc(S(=O)(=O)OCCCCCOCCNC(=O)OC(C)(C)O)cc1.